The van der Waals surface area contributed by atoms with E-state index >= 15 is 0 Å². The molecule has 2 aromatic rings. The highest BCUT2D eigenvalue weighted by molar-refractivity contribution is 5.73. The summed E-state index contributed by atoms with van der Waals surface area (Å²) in [4.78, 5) is 11.6. The highest BCUT2D eigenvalue weighted by atomic mass is 19.1. The van der Waals surface area contributed by atoms with Gasteiger partial charge in [-0.2, -0.15) is 5.10 Å². The summed E-state index contributed by atoms with van der Waals surface area (Å²) in [5.74, 6) is -0.301. The molecule has 0 saturated carbocycles. The minimum absolute atomic E-state index is 0.252. The van der Waals surface area contributed by atoms with Crippen LogP contribution in [0.25, 0.3) is 0 Å². The summed E-state index contributed by atoms with van der Waals surface area (Å²) in [5, 5.41) is 9.84. The SMILES string of the molecule is Cc1cc(C)n(CCCNC(=O)NCc2cccc(F)c2)n1. The predicted molar refractivity (Wildman–Crippen MR) is 83.0 cm³/mol. The molecule has 0 radical (unpaired) electrons. The Morgan fingerprint density at radius 2 is 2.09 bits per heavy atom. The standard InChI is InChI=1S/C16H21FN4O/c1-12-9-13(2)21(20-12)8-4-7-18-16(22)19-11-14-5-3-6-15(17)10-14/h3,5-6,9-10H,4,7-8,11H2,1-2H3,(H2,18,19,22). The van der Waals surface area contributed by atoms with Gasteiger partial charge >= 0.3 is 6.03 Å². The molecular weight excluding hydrogens is 283 g/mol. The molecule has 2 N–H and O–H groups in total. The first-order valence-electron chi connectivity index (χ1n) is 7.32. The molecule has 0 aliphatic rings. The monoisotopic (exact) mass is 304 g/mol. The zero-order valence-corrected chi connectivity index (χ0v) is 12.9. The van der Waals surface area contributed by atoms with Crippen LogP contribution in [0.4, 0.5) is 9.18 Å². The highest BCUT2D eigenvalue weighted by Crippen LogP contribution is 2.03. The molecular formula is C16H21FN4O. The molecule has 0 unspecified atom stereocenters. The number of benzene rings is 1. The molecule has 118 valence electrons. The maximum absolute atomic E-state index is 13.0. The zero-order chi connectivity index (χ0) is 15.9. The number of aromatic nitrogens is 2. The third-order valence-electron chi connectivity index (χ3n) is 3.28. The molecule has 1 aromatic heterocycles. The lowest BCUT2D eigenvalue weighted by Crippen LogP contribution is -2.35. The van der Waals surface area contributed by atoms with Gasteiger partial charge in [0, 0.05) is 25.3 Å². The molecule has 1 aromatic carbocycles. The number of nitrogens with one attached hydrogen (secondary N) is 2. The van der Waals surface area contributed by atoms with E-state index in [1.165, 1.54) is 12.1 Å². The second kappa shape index (κ2) is 7.59. The molecule has 6 heteroatoms. The third kappa shape index (κ3) is 4.87. The molecule has 1 heterocycles. The van der Waals surface area contributed by atoms with Gasteiger partial charge in [0.2, 0.25) is 0 Å². The number of aryl methyl sites for hydroxylation is 3. The first-order valence-corrected chi connectivity index (χ1v) is 7.32. The number of amides is 2. The van der Waals surface area contributed by atoms with Crippen molar-refractivity contribution in [1.29, 1.82) is 0 Å². The lowest BCUT2D eigenvalue weighted by molar-refractivity contribution is 0.240. The van der Waals surface area contributed by atoms with E-state index in [1.807, 2.05) is 24.6 Å². The van der Waals surface area contributed by atoms with Crippen LogP contribution in [0.3, 0.4) is 0 Å². The third-order valence-corrected chi connectivity index (χ3v) is 3.28. The van der Waals surface area contributed by atoms with Gasteiger partial charge in [0.25, 0.3) is 0 Å². The molecule has 22 heavy (non-hydrogen) atoms. The number of carbonyl (C=O) groups is 1. The Bertz CT molecular complexity index is 639. The Kier molecular flexibility index (Phi) is 5.52. The van der Waals surface area contributed by atoms with Gasteiger partial charge in [0.1, 0.15) is 5.82 Å². The Labute approximate surface area is 129 Å². The minimum Gasteiger partial charge on any atom is -0.338 e. The van der Waals surface area contributed by atoms with Crippen LogP contribution < -0.4 is 10.6 Å². The lowest BCUT2D eigenvalue weighted by atomic mass is 10.2. The van der Waals surface area contributed by atoms with E-state index in [0.29, 0.717) is 13.1 Å². The van der Waals surface area contributed by atoms with Crippen LogP contribution in [0.5, 0.6) is 0 Å². The van der Waals surface area contributed by atoms with Gasteiger partial charge < -0.3 is 10.6 Å². The highest BCUT2D eigenvalue weighted by Gasteiger charge is 2.03. The van der Waals surface area contributed by atoms with Crippen molar-refractivity contribution in [2.24, 2.45) is 0 Å². The summed E-state index contributed by atoms with van der Waals surface area (Å²) >= 11 is 0. The van der Waals surface area contributed by atoms with Crippen LogP contribution in [0, 0.1) is 19.7 Å². The van der Waals surface area contributed by atoms with Crippen molar-refractivity contribution in [3.63, 3.8) is 0 Å². The van der Waals surface area contributed by atoms with E-state index in [0.717, 1.165) is 29.9 Å². The maximum atomic E-state index is 13.0. The van der Waals surface area contributed by atoms with Crippen molar-refractivity contribution in [3.05, 3.63) is 53.1 Å². The molecule has 0 fully saturated rings. The van der Waals surface area contributed by atoms with Gasteiger partial charge in [0.05, 0.1) is 5.69 Å². The fourth-order valence-corrected chi connectivity index (χ4v) is 2.22. The summed E-state index contributed by atoms with van der Waals surface area (Å²) in [6.45, 7) is 5.61. The molecule has 0 spiro atoms. The van der Waals surface area contributed by atoms with Crippen molar-refractivity contribution in [2.45, 2.75) is 33.4 Å². The Morgan fingerprint density at radius 1 is 1.27 bits per heavy atom. The number of carbonyl (C=O) groups excluding carboxylic acids is 1. The zero-order valence-electron chi connectivity index (χ0n) is 12.9. The number of rotatable bonds is 6. The fourth-order valence-electron chi connectivity index (χ4n) is 2.22. The van der Waals surface area contributed by atoms with Gasteiger partial charge in [-0.15, -0.1) is 0 Å². The van der Waals surface area contributed by atoms with E-state index in [1.54, 1.807) is 12.1 Å². The van der Waals surface area contributed by atoms with E-state index in [2.05, 4.69) is 15.7 Å². The summed E-state index contributed by atoms with van der Waals surface area (Å²) in [6.07, 6.45) is 0.801. The minimum atomic E-state index is -0.301. The topological polar surface area (TPSA) is 59.0 Å². The van der Waals surface area contributed by atoms with Crippen molar-refractivity contribution in [1.82, 2.24) is 20.4 Å². The second-order valence-corrected chi connectivity index (χ2v) is 5.24. The number of hydrogen-bond donors (Lipinski definition) is 2. The number of urea groups is 1. The van der Waals surface area contributed by atoms with Gasteiger partial charge in [0.15, 0.2) is 0 Å². The van der Waals surface area contributed by atoms with Crippen molar-refractivity contribution >= 4 is 6.03 Å². The van der Waals surface area contributed by atoms with Crippen LogP contribution in [0.15, 0.2) is 30.3 Å². The number of nitrogens with zero attached hydrogens (tertiary/aromatic N) is 2. The maximum Gasteiger partial charge on any atom is 0.315 e. The normalized spacial score (nSPS) is 10.5. The Hall–Kier alpha value is -2.37. The molecule has 2 rings (SSSR count). The molecule has 0 aliphatic carbocycles. The second-order valence-electron chi connectivity index (χ2n) is 5.24. The summed E-state index contributed by atoms with van der Waals surface area (Å²) in [5.41, 5.74) is 2.85. The van der Waals surface area contributed by atoms with Crippen molar-refractivity contribution in [2.75, 3.05) is 6.54 Å². The first-order chi connectivity index (χ1) is 10.5. The largest absolute Gasteiger partial charge is 0.338 e. The Balaban J connectivity index is 1.64. The molecule has 0 saturated heterocycles. The number of halogens is 1. The summed E-state index contributed by atoms with van der Waals surface area (Å²) in [6, 6.07) is 7.95. The average Bonchev–Trinajstić information content (AvgIpc) is 2.79. The predicted octanol–water partition coefficient (Wildman–Crippen LogP) is 2.53. The van der Waals surface area contributed by atoms with Crippen LogP contribution in [-0.4, -0.2) is 22.4 Å². The van der Waals surface area contributed by atoms with E-state index in [-0.39, 0.29) is 11.8 Å². The molecule has 5 nitrogen and oxygen atoms in total. The molecule has 0 atom stereocenters. The van der Waals surface area contributed by atoms with E-state index in [4.69, 9.17) is 0 Å². The summed E-state index contributed by atoms with van der Waals surface area (Å²) < 4.78 is 14.9. The van der Waals surface area contributed by atoms with Gasteiger partial charge in [-0.05, 0) is 44.0 Å². The van der Waals surface area contributed by atoms with Gasteiger partial charge in [-0.25, -0.2) is 9.18 Å². The number of hydrogen-bond acceptors (Lipinski definition) is 2. The van der Waals surface area contributed by atoms with Crippen LogP contribution in [-0.2, 0) is 13.1 Å². The lowest BCUT2D eigenvalue weighted by Gasteiger charge is -2.08. The Morgan fingerprint density at radius 3 is 2.77 bits per heavy atom. The van der Waals surface area contributed by atoms with E-state index in [9.17, 15) is 9.18 Å². The average molecular weight is 304 g/mol. The molecule has 2 amide bonds. The smallest absolute Gasteiger partial charge is 0.315 e. The van der Waals surface area contributed by atoms with Crippen molar-refractivity contribution in [3.8, 4) is 0 Å². The fraction of sp³-hybridized carbons (Fsp3) is 0.375. The summed E-state index contributed by atoms with van der Waals surface area (Å²) in [7, 11) is 0. The molecule has 0 aliphatic heterocycles. The first kappa shape index (κ1) is 16.0. The van der Waals surface area contributed by atoms with Gasteiger partial charge in [-0.1, -0.05) is 12.1 Å². The van der Waals surface area contributed by atoms with Crippen LogP contribution in [0.1, 0.15) is 23.4 Å². The quantitative estimate of drug-likeness (QED) is 0.806. The van der Waals surface area contributed by atoms with Crippen LogP contribution >= 0.6 is 0 Å². The van der Waals surface area contributed by atoms with E-state index < -0.39 is 0 Å². The van der Waals surface area contributed by atoms with Crippen molar-refractivity contribution < 1.29 is 9.18 Å². The van der Waals surface area contributed by atoms with Gasteiger partial charge in [-0.3, -0.25) is 4.68 Å². The van der Waals surface area contributed by atoms with Crippen LogP contribution in [0.2, 0.25) is 0 Å². The molecule has 0 bridgehead atoms.